The monoisotopic (exact) mass is 366 g/mol. The van der Waals surface area contributed by atoms with Crippen LogP contribution in [0.1, 0.15) is 56.5 Å². The Morgan fingerprint density at radius 2 is 2.14 bits per heavy atom. The Labute approximate surface area is 134 Å². The molecule has 0 saturated heterocycles. The van der Waals surface area contributed by atoms with E-state index in [1.54, 1.807) is 0 Å². The smallest absolute Gasteiger partial charge is 0.235 e. The number of nitrogens with zero attached hydrogens (tertiary/aromatic N) is 5. The number of H-pyrrole nitrogens is 1. The summed E-state index contributed by atoms with van der Waals surface area (Å²) in [6.07, 6.45) is 3.66. The first-order chi connectivity index (χ1) is 10.1. The van der Waals surface area contributed by atoms with Crippen LogP contribution in [0.15, 0.2) is 4.47 Å². The normalized spacial score (nSPS) is 16.0. The molecule has 0 spiro atoms. The molecule has 1 N–H and O–H groups in total. The van der Waals surface area contributed by atoms with E-state index in [4.69, 9.17) is 0 Å². The highest BCUT2D eigenvalue weighted by Crippen LogP contribution is 2.38. The van der Waals surface area contributed by atoms with E-state index in [1.165, 1.54) is 30.6 Å². The van der Waals surface area contributed by atoms with Crippen molar-refractivity contribution in [2.45, 2.75) is 44.9 Å². The Hall–Kier alpha value is -1.28. The fourth-order valence-corrected chi connectivity index (χ4v) is 4.31. The van der Waals surface area contributed by atoms with Crippen molar-refractivity contribution in [3.8, 4) is 10.7 Å². The van der Waals surface area contributed by atoms with E-state index in [-0.39, 0.29) is 0 Å². The molecule has 0 unspecified atom stereocenters. The fourth-order valence-electron chi connectivity index (χ4n) is 2.51. The number of rotatable bonds is 3. The van der Waals surface area contributed by atoms with Crippen molar-refractivity contribution < 1.29 is 0 Å². The molecule has 0 amide bonds. The third-order valence-electron chi connectivity index (χ3n) is 4.00. The van der Waals surface area contributed by atoms with Crippen LogP contribution in [-0.2, 0) is 0 Å². The zero-order valence-corrected chi connectivity index (χ0v) is 14.2. The maximum atomic E-state index is 4.68. The van der Waals surface area contributed by atoms with E-state index in [0.29, 0.717) is 11.8 Å². The average molecular weight is 367 g/mol. The van der Waals surface area contributed by atoms with Gasteiger partial charge in [0.15, 0.2) is 10.8 Å². The summed E-state index contributed by atoms with van der Waals surface area (Å²) in [6.45, 7) is 4.27. The molecule has 0 bridgehead atoms. The van der Waals surface area contributed by atoms with Crippen LogP contribution in [0.2, 0.25) is 0 Å². The molecule has 6 nitrogen and oxygen atoms in total. The molecule has 0 aliphatic heterocycles. The number of aromatic amines is 1. The lowest BCUT2D eigenvalue weighted by molar-refractivity contribution is 0.395. The molecule has 3 aromatic rings. The average Bonchev–Trinajstić information content (AvgIpc) is 3.02. The van der Waals surface area contributed by atoms with Gasteiger partial charge in [0, 0.05) is 5.92 Å². The minimum absolute atomic E-state index is 0.386. The fraction of sp³-hybridized carbons (Fsp3) is 0.538. The van der Waals surface area contributed by atoms with Crippen LogP contribution < -0.4 is 0 Å². The summed E-state index contributed by atoms with van der Waals surface area (Å²) in [6, 6.07) is 0. The zero-order valence-electron chi connectivity index (χ0n) is 11.8. The topological polar surface area (TPSA) is 71.8 Å². The number of nitrogens with one attached hydrogen (secondary N) is 1. The third kappa shape index (κ3) is 2.03. The van der Waals surface area contributed by atoms with Crippen LogP contribution in [0, 0.1) is 0 Å². The van der Waals surface area contributed by atoms with E-state index in [0.717, 1.165) is 31.7 Å². The maximum Gasteiger partial charge on any atom is 0.235 e. The summed E-state index contributed by atoms with van der Waals surface area (Å²) >= 11 is 5.16. The van der Waals surface area contributed by atoms with Crippen LogP contribution in [0.4, 0.5) is 0 Å². The van der Waals surface area contributed by atoms with Gasteiger partial charge in [0.25, 0.3) is 0 Å². The van der Waals surface area contributed by atoms with Crippen LogP contribution >= 0.6 is 27.3 Å². The number of halogens is 1. The molecule has 1 aliphatic rings. The van der Waals surface area contributed by atoms with Gasteiger partial charge in [-0.05, 0) is 34.7 Å². The van der Waals surface area contributed by atoms with Crippen LogP contribution in [0.5, 0.6) is 0 Å². The highest BCUT2D eigenvalue weighted by Gasteiger charge is 2.27. The van der Waals surface area contributed by atoms with Crippen molar-refractivity contribution in [1.29, 1.82) is 0 Å². The molecule has 0 aromatic carbocycles. The molecular weight excluding hydrogens is 352 g/mol. The summed E-state index contributed by atoms with van der Waals surface area (Å²) < 4.78 is 2.88. The van der Waals surface area contributed by atoms with Gasteiger partial charge >= 0.3 is 0 Å². The lowest BCUT2D eigenvalue weighted by Crippen LogP contribution is -2.13. The van der Waals surface area contributed by atoms with E-state index >= 15 is 0 Å². The van der Waals surface area contributed by atoms with Gasteiger partial charge in [0.2, 0.25) is 4.96 Å². The quantitative estimate of drug-likeness (QED) is 0.766. The lowest BCUT2D eigenvalue weighted by Gasteiger charge is -2.22. The molecule has 1 aliphatic carbocycles. The molecule has 3 aromatic heterocycles. The second kappa shape index (κ2) is 4.88. The lowest BCUT2D eigenvalue weighted by atomic mass is 9.85. The largest absolute Gasteiger partial charge is 0.280 e. The van der Waals surface area contributed by atoms with Gasteiger partial charge in [0.05, 0.1) is 10.2 Å². The van der Waals surface area contributed by atoms with E-state index < -0.39 is 0 Å². The maximum absolute atomic E-state index is 4.68. The SMILES string of the molecule is CC(C)c1[nH]nc(-c2nn3c(C4CCC4)nnc3s2)c1Br. The summed E-state index contributed by atoms with van der Waals surface area (Å²) in [4.78, 5) is 0.841. The molecular formula is C13H15BrN6S. The van der Waals surface area contributed by atoms with Crippen LogP contribution in [-0.4, -0.2) is 30.0 Å². The van der Waals surface area contributed by atoms with Gasteiger partial charge in [-0.25, -0.2) is 0 Å². The van der Waals surface area contributed by atoms with Gasteiger partial charge in [-0.1, -0.05) is 31.6 Å². The van der Waals surface area contributed by atoms with Crippen LogP contribution in [0.25, 0.3) is 15.7 Å². The summed E-state index contributed by atoms with van der Waals surface area (Å²) in [5, 5.41) is 21.6. The Morgan fingerprint density at radius 1 is 1.33 bits per heavy atom. The van der Waals surface area contributed by atoms with E-state index in [9.17, 15) is 0 Å². The first kappa shape index (κ1) is 13.4. The zero-order chi connectivity index (χ0) is 14.6. The van der Waals surface area contributed by atoms with Crippen molar-refractivity contribution in [3.63, 3.8) is 0 Å². The van der Waals surface area contributed by atoms with Crippen LogP contribution in [0.3, 0.4) is 0 Å². The first-order valence-electron chi connectivity index (χ1n) is 7.11. The first-order valence-corrected chi connectivity index (χ1v) is 8.72. The van der Waals surface area contributed by atoms with Crippen molar-refractivity contribution in [1.82, 2.24) is 30.0 Å². The van der Waals surface area contributed by atoms with Crippen molar-refractivity contribution in [3.05, 3.63) is 16.0 Å². The predicted octanol–water partition coefficient (Wildman–Crippen LogP) is 3.73. The van der Waals surface area contributed by atoms with Gasteiger partial charge in [-0.15, -0.1) is 10.2 Å². The Morgan fingerprint density at radius 3 is 2.76 bits per heavy atom. The minimum atomic E-state index is 0.386. The molecule has 1 fully saturated rings. The predicted molar refractivity (Wildman–Crippen MR) is 84.6 cm³/mol. The molecule has 1 saturated carbocycles. The highest BCUT2D eigenvalue weighted by molar-refractivity contribution is 9.10. The second-order valence-electron chi connectivity index (χ2n) is 5.74. The molecule has 0 atom stereocenters. The van der Waals surface area contributed by atoms with Crippen molar-refractivity contribution in [2.24, 2.45) is 0 Å². The molecule has 0 radical (unpaired) electrons. The number of fused-ring (bicyclic) bond motifs is 1. The molecule has 4 rings (SSSR count). The number of hydrogen-bond donors (Lipinski definition) is 1. The Bertz CT molecular complexity index is 797. The number of aromatic nitrogens is 6. The van der Waals surface area contributed by atoms with Gasteiger partial charge < -0.3 is 0 Å². The van der Waals surface area contributed by atoms with Crippen molar-refractivity contribution >= 4 is 32.2 Å². The summed E-state index contributed by atoms with van der Waals surface area (Å²) in [7, 11) is 0. The highest BCUT2D eigenvalue weighted by atomic mass is 79.9. The van der Waals surface area contributed by atoms with Gasteiger partial charge in [-0.3, -0.25) is 5.10 Å². The molecule has 21 heavy (non-hydrogen) atoms. The molecule has 3 heterocycles. The third-order valence-corrected chi connectivity index (χ3v) is 5.71. The summed E-state index contributed by atoms with van der Waals surface area (Å²) in [5.74, 6) is 1.90. The standard InChI is InChI=1S/C13H15BrN6S/c1-6(2)9-8(14)10(16-15-9)12-19-20-11(7-4-3-5-7)17-18-13(20)21-12/h6-7H,3-5H2,1-2H3,(H,15,16). The van der Waals surface area contributed by atoms with Gasteiger partial charge in [-0.2, -0.15) is 14.7 Å². The summed E-state index contributed by atoms with van der Waals surface area (Å²) in [5.41, 5.74) is 1.95. The van der Waals surface area contributed by atoms with E-state index in [1.807, 2.05) is 4.52 Å². The second-order valence-corrected chi connectivity index (χ2v) is 7.49. The van der Waals surface area contributed by atoms with E-state index in [2.05, 4.69) is 55.3 Å². The Balaban J connectivity index is 1.78. The Kier molecular flexibility index (Phi) is 3.11. The minimum Gasteiger partial charge on any atom is -0.280 e. The van der Waals surface area contributed by atoms with Crippen molar-refractivity contribution in [2.75, 3.05) is 0 Å². The van der Waals surface area contributed by atoms with Gasteiger partial charge in [0.1, 0.15) is 5.69 Å². The number of hydrogen-bond acceptors (Lipinski definition) is 5. The molecule has 110 valence electrons. The molecule has 8 heteroatoms.